The Labute approximate surface area is 163 Å². The monoisotopic (exact) mass is 383 g/mol. The summed E-state index contributed by atoms with van der Waals surface area (Å²) < 4.78 is 0. The van der Waals surface area contributed by atoms with Crippen LogP contribution in [0.5, 0.6) is 0 Å². The first-order valence-electron chi connectivity index (χ1n) is 9.68. The smallest absolute Gasteiger partial charge is 0.253 e. The Bertz CT molecular complexity index is 802. The summed E-state index contributed by atoms with van der Waals surface area (Å²) in [5.74, 6) is -0.149. The van der Waals surface area contributed by atoms with Crippen molar-refractivity contribution in [2.75, 3.05) is 18.4 Å². The van der Waals surface area contributed by atoms with Gasteiger partial charge in [0.15, 0.2) is 0 Å². The van der Waals surface area contributed by atoms with E-state index in [1.54, 1.807) is 23.5 Å². The van der Waals surface area contributed by atoms with E-state index >= 15 is 0 Å². The second-order valence-corrected chi connectivity index (χ2v) is 8.28. The van der Waals surface area contributed by atoms with Crippen LogP contribution in [0.4, 0.5) is 5.69 Å². The summed E-state index contributed by atoms with van der Waals surface area (Å²) >= 11 is 1.79. The van der Waals surface area contributed by atoms with E-state index in [4.69, 9.17) is 0 Å². The molecule has 2 heterocycles. The van der Waals surface area contributed by atoms with Gasteiger partial charge >= 0.3 is 0 Å². The number of nitrogens with one attached hydrogen (secondary N) is 2. The van der Waals surface area contributed by atoms with Gasteiger partial charge in [-0.2, -0.15) is 0 Å². The van der Waals surface area contributed by atoms with Crippen molar-refractivity contribution in [1.82, 2.24) is 10.2 Å². The van der Waals surface area contributed by atoms with E-state index in [9.17, 15) is 9.59 Å². The Morgan fingerprint density at radius 2 is 1.96 bits per heavy atom. The lowest BCUT2D eigenvalue weighted by Gasteiger charge is -2.23. The Morgan fingerprint density at radius 3 is 2.74 bits per heavy atom. The Balaban J connectivity index is 1.34. The largest absolute Gasteiger partial charge is 0.349 e. The zero-order chi connectivity index (χ0) is 18.6. The summed E-state index contributed by atoms with van der Waals surface area (Å²) in [6.45, 7) is 1.78. The highest BCUT2D eigenvalue weighted by Crippen LogP contribution is 2.34. The molecule has 1 aliphatic carbocycles. The van der Waals surface area contributed by atoms with Gasteiger partial charge in [-0.25, -0.2) is 0 Å². The van der Waals surface area contributed by atoms with Gasteiger partial charge in [-0.1, -0.05) is 18.2 Å². The SMILES string of the molecule is O=C(CCN1CCCC1c1cccs1)Nc1ccccc1C(=O)NC1CC1. The van der Waals surface area contributed by atoms with Gasteiger partial charge in [0.05, 0.1) is 11.3 Å². The molecule has 0 bridgehead atoms. The van der Waals surface area contributed by atoms with Gasteiger partial charge < -0.3 is 10.6 Å². The van der Waals surface area contributed by atoms with Crippen LogP contribution in [-0.4, -0.2) is 35.8 Å². The number of rotatable bonds is 7. The van der Waals surface area contributed by atoms with Crippen LogP contribution in [0.3, 0.4) is 0 Å². The zero-order valence-electron chi connectivity index (χ0n) is 15.3. The quantitative estimate of drug-likeness (QED) is 0.764. The molecule has 0 spiro atoms. The van der Waals surface area contributed by atoms with Crippen LogP contribution >= 0.6 is 11.3 Å². The number of anilines is 1. The van der Waals surface area contributed by atoms with Crippen LogP contribution in [0, 0.1) is 0 Å². The molecule has 5 nitrogen and oxygen atoms in total. The third kappa shape index (κ3) is 4.57. The molecule has 2 fully saturated rings. The standard InChI is InChI=1S/C21H25N3O2S/c25-20(11-13-24-12-3-7-18(24)19-8-4-14-27-19)23-17-6-2-1-5-16(17)21(26)22-15-9-10-15/h1-2,4-6,8,14-15,18H,3,7,9-13H2,(H,22,26)(H,23,25). The summed E-state index contributed by atoms with van der Waals surface area (Å²) in [4.78, 5) is 28.7. The molecule has 142 valence electrons. The van der Waals surface area contributed by atoms with Crippen molar-refractivity contribution in [3.63, 3.8) is 0 Å². The molecule has 27 heavy (non-hydrogen) atoms. The number of para-hydroxylation sites is 1. The second-order valence-electron chi connectivity index (χ2n) is 7.30. The lowest BCUT2D eigenvalue weighted by molar-refractivity contribution is -0.116. The van der Waals surface area contributed by atoms with Crippen LogP contribution < -0.4 is 10.6 Å². The first kappa shape index (κ1) is 18.2. The summed E-state index contributed by atoms with van der Waals surface area (Å²) in [7, 11) is 0. The average Bonchev–Trinajstić information content (AvgIpc) is 3.12. The predicted octanol–water partition coefficient (Wildman–Crippen LogP) is 3.81. The summed E-state index contributed by atoms with van der Waals surface area (Å²) in [5.41, 5.74) is 1.13. The van der Waals surface area contributed by atoms with Gasteiger partial charge in [0, 0.05) is 29.9 Å². The number of carbonyl (C=O) groups excluding carboxylic acids is 2. The second kappa shape index (κ2) is 8.23. The maximum atomic E-state index is 12.5. The number of hydrogen-bond acceptors (Lipinski definition) is 4. The highest BCUT2D eigenvalue weighted by atomic mass is 32.1. The van der Waals surface area contributed by atoms with Crippen molar-refractivity contribution < 1.29 is 9.59 Å². The number of likely N-dealkylation sites (tertiary alicyclic amines) is 1. The number of amides is 2. The average molecular weight is 384 g/mol. The van der Waals surface area contributed by atoms with E-state index < -0.39 is 0 Å². The molecule has 2 aliphatic rings. The van der Waals surface area contributed by atoms with Crippen molar-refractivity contribution in [2.24, 2.45) is 0 Å². The van der Waals surface area contributed by atoms with Gasteiger partial charge in [0.2, 0.25) is 5.91 Å². The van der Waals surface area contributed by atoms with E-state index in [1.807, 2.05) is 12.1 Å². The third-order valence-corrected chi connectivity index (χ3v) is 6.19. The van der Waals surface area contributed by atoms with E-state index in [2.05, 4.69) is 33.0 Å². The fourth-order valence-electron chi connectivity index (χ4n) is 3.64. The summed E-state index contributed by atoms with van der Waals surface area (Å²) in [5, 5.41) is 8.03. The van der Waals surface area contributed by atoms with Crippen LogP contribution in [-0.2, 0) is 4.79 Å². The number of benzene rings is 1. The van der Waals surface area contributed by atoms with Gasteiger partial charge in [0.1, 0.15) is 0 Å². The Morgan fingerprint density at radius 1 is 1.11 bits per heavy atom. The van der Waals surface area contributed by atoms with E-state index in [0.717, 1.165) is 32.4 Å². The summed E-state index contributed by atoms with van der Waals surface area (Å²) in [6.07, 6.45) is 4.85. The molecule has 6 heteroatoms. The molecule has 1 saturated carbocycles. The van der Waals surface area contributed by atoms with Crippen LogP contribution in [0.1, 0.15) is 53.4 Å². The fourth-order valence-corrected chi connectivity index (χ4v) is 4.53. The normalized spacial score (nSPS) is 19.8. The first-order chi connectivity index (χ1) is 13.2. The minimum atomic E-state index is -0.106. The van der Waals surface area contributed by atoms with Crippen LogP contribution in [0.25, 0.3) is 0 Å². The van der Waals surface area contributed by atoms with Crippen molar-refractivity contribution in [2.45, 2.75) is 44.2 Å². The van der Waals surface area contributed by atoms with Crippen molar-refractivity contribution in [3.8, 4) is 0 Å². The highest BCUT2D eigenvalue weighted by Gasteiger charge is 2.27. The van der Waals surface area contributed by atoms with Gasteiger partial charge in [-0.15, -0.1) is 11.3 Å². The predicted molar refractivity (Wildman–Crippen MR) is 108 cm³/mol. The van der Waals surface area contributed by atoms with E-state index in [0.29, 0.717) is 29.8 Å². The third-order valence-electron chi connectivity index (χ3n) is 5.22. The highest BCUT2D eigenvalue weighted by molar-refractivity contribution is 7.10. The molecule has 1 aromatic heterocycles. The number of thiophene rings is 1. The lowest BCUT2D eigenvalue weighted by atomic mass is 10.1. The van der Waals surface area contributed by atoms with E-state index in [1.165, 1.54) is 11.3 Å². The molecule has 2 amide bonds. The lowest BCUT2D eigenvalue weighted by Crippen LogP contribution is -2.29. The summed E-state index contributed by atoms with van der Waals surface area (Å²) in [6, 6.07) is 12.2. The molecule has 1 unspecified atom stereocenters. The molecule has 4 rings (SSSR count). The Kier molecular flexibility index (Phi) is 5.55. The van der Waals surface area contributed by atoms with Gasteiger partial charge in [-0.3, -0.25) is 14.5 Å². The molecule has 1 saturated heterocycles. The molecule has 1 atom stereocenters. The van der Waals surface area contributed by atoms with Crippen molar-refractivity contribution in [1.29, 1.82) is 0 Å². The first-order valence-corrected chi connectivity index (χ1v) is 10.6. The molecule has 0 radical (unpaired) electrons. The molecule has 1 aliphatic heterocycles. The van der Waals surface area contributed by atoms with Crippen molar-refractivity contribution >= 4 is 28.8 Å². The minimum Gasteiger partial charge on any atom is -0.349 e. The molecule has 1 aromatic carbocycles. The number of nitrogens with zero attached hydrogens (tertiary/aromatic N) is 1. The maximum absolute atomic E-state index is 12.5. The van der Waals surface area contributed by atoms with E-state index in [-0.39, 0.29) is 11.8 Å². The molecule has 2 N–H and O–H groups in total. The van der Waals surface area contributed by atoms with Gasteiger partial charge in [0.25, 0.3) is 5.91 Å². The molecular weight excluding hydrogens is 358 g/mol. The van der Waals surface area contributed by atoms with Crippen LogP contribution in [0.15, 0.2) is 41.8 Å². The fraction of sp³-hybridized carbons (Fsp3) is 0.429. The molecule has 2 aromatic rings. The zero-order valence-corrected chi connectivity index (χ0v) is 16.1. The molecular formula is C21H25N3O2S. The maximum Gasteiger partial charge on any atom is 0.253 e. The van der Waals surface area contributed by atoms with Crippen LogP contribution in [0.2, 0.25) is 0 Å². The number of hydrogen-bond donors (Lipinski definition) is 2. The Hall–Kier alpha value is -2.18. The topological polar surface area (TPSA) is 61.4 Å². The minimum absolute atomic E-state index is 0.0431. The van der Waals surface area contributed by atoms with Crippen molar-refractivity contribution in [3.05, 3.63) is 52.2 Å². The number of carbonyl (C=O) groups is 2. The van der Waals surface area contributed by atoms with Gasteiger partial charge in [-0.05, 0) is 55.8 Å².